The molecule has 6 heteroatoms. The molecule has 6 nitrogen and oxygen atoms in total. The van der Waals surface area contributed by atoms with Crippen LogP contribution in [0.2, 0.25) is 0 Å². The van der Waals surface area contributed by atoms with Crippen molar-refractivity contribution in [1.82, 2.24) is 10.2 Å². The zero-order chi connectivity index (χ0) is 18.4. The Balaban J connectivity index is 1.48. The Morgan fingerprint density at radius 2 is 1.92 bits per heavy atom. The molecule has 2 fully saturated rings. The molecule has 1 aliphatic carbocycles. The highest BCUT2D eigenvalue weighted by molar-refractivity contribution is 5.89. The molecule has 0 radical (unpaired) electrons. The highest BCUT2D eigenvalue weighted by atomic mass is 16.5. The highest BCUT2D eigenvalue weighted by Gasteiger charge is 2.23. The van der Waals surface area contributed by atoms with E-state index in [1.807, 2.05) is 31.2 Å². The lowest BCUT2D eigenvalue weighted by atomic mass is 10.1. The number of anilines is 1. The van der Waals surface area contributed by atoms with Gasteiger partial charge in [0.05, 0.1) is 12.5 Å². The minimum Gasteiger partial charge on any atom is -0.376 e. The lowest BCUT2D eigenvalue weighted by Crippen LogP contribution is -2.41. The second-order valence-corrected chi connectivity index (χ2v) is 7.17. The van der Waals surface area contributed by atoms with Gasteiger partial charge < -0.3 is 20.3 Å². The van der Waals surface area contributed by atoms with Crippen LogP contribution in [-0.2, 0) is 16.0 Å². The van der Waals surface area contributed by atoms with Crippen molar-refractivity contribution in [3.63, 3.8) is 0 Å². The third-order valence-electron chi connectivity index (χ3n) is 4.88. The van der Waals surface area contributed by atoms with Crippen molar-refractivity contribution < 1.29 is 14.3 Å². The molecule has 1 aromatic carbocycles. The predicted molar refractivity (Wildman–Crippen MR) is 101 cm³/mol. The van der Waals surface area contributed by atoms with Gasteiger partial charge in [0.25, 0.3) is 0 Å². The van der Waals surface area contributed by atoms with Gasteiger partial charge in [-0.25, -0.2) is 4.79 Å². The number of rotatable bonds is 7. The van der Waals surface area contributed by atoms with E-state index in [0.29, 0.717) is 25.6 Å². The van der Waals surface area contributed by atoms with Gasteiger partial charge >= 0.3 is 6.03 Å². The molecule has 1 heterocycles. The lowest BCUT2D eigenvalue weighted by molar-refractivity contribution is -0.120. The molecule has 0 unspecified atom stereocenters. The Morgan fingerprint density at radius 1 is 1.15 bits per heavy atom. The van der Waals surface area contributed by atoms with E-state index < -0.39 is 0 Å². The molecule has 0 spiro atoms. The quantitative estimate of drug-likeness (QED) is 0.786. The number of hydrogen-bond acceptors (Lipinski definition) is 3. The van der Waals surface area contributed by atoms with E-state index >= 15 is 0 Å². The normalized spacial score (nSPS) is 19.7. The molecule has 1 saturated carbocycles. The van der Waals surface area contributed by atoms with Crippen LogP contribution in [0.25, 0.3) is 0 Å². The summed E-state index contributed by atoms with van der Waals surface area (Å²) in [5.74, 6) is 0.0638. The topological polar surface area (TPSA) is 70.7 Å². The number of urea groups is 1. The monoisotopic (exact) mass is 359 g/mol. The Kier molecular flexibility index (Phi) is 6.50. The lowest BCUT2D eigenvalue weighted by Gasteiger charge is -2.29. The Labute approximate surface area is 155 Å². The molecule has 26 heavy (non-hydrogen) atoms. The minimum absolute atomic E-state index is 0.0638. The van der Waals surface area contributed by atoms with Crippen molar-refractivity contribution in [3.8, 4) is 0 Å². The van der Waals surface area contributed by atoms with E-state index in [0.717, 1.165) is 43.5 Å². The zero-order valence-electron chi connectivity index (χ0n) is 15.5. The summed E-state index contributed by atoms with van der Waals surface area (Å²) in [5, 5.41) is 5.92. The first kappa shape index (κ1) is 18.7. The van der Waals surface area contributed by atoms with Gasteiger partial charge in [-0.1, -0.05) is 12.1 Å². The summed E-state index contributed by atoms with van der Waals surface area (Å²) < 4.78 is 5.74. The van der Waals surface area contributed by atoms with E-state index in [4.69, 9.17) is 4.74 Å². The number of amides is 3. The number of carbonyl (C=O) groups is 2. The Morgan fingerprint density at radius 3 is 2.54 bits per heavy atom. The molecular formula is C20H29N3O3. The fourth-order valence-corrected chi connectivity index (χ4v) is 3.15. The largest absolute Gasteiger partial charge is 0.376 e. The first-order chi connectivity index (χ1) is 12.6. The van der Waals surface area contributed by atoms with Crippen LogP contribution >= 0.6 is 0 Å². The van der Waals surface area contributed by atoms with Gasteiger partial charge in [0, 0.05) is 31.4 Å². The number of hydrogen-bond donors (Lipinski definition) is 2. The molecule has 1 atom stereocenters. The molecule has 142 valence electrons. The summed E-state index contributed by atoms with van der Waals surface area (Å²) in [7, 11) is 0. The first-order valence-corrected chi connectivity index (χ1v) is 9.70. The third-order valence-corrected chi connectivity index (χ3v) is 4.88. The second kappa shape index (κ2) is 9.03. The summed E-state index contributed by atoms with van der Waals surface area (Å²) in [6.45, 7) is 4.04. The molecule has 3 rings (SSSR count). The smallest absolute Gasteiger partial charge is 0.321 e. The average molecular weight is 359 g/mol. The number of nitrogens with zero attached hydrogens (tertiary/aromatic N) is 1. The summed E-state index contributed by atoms with van der Waals surface area (Å²) in [5.41, 5.74) is 1.69. The average Bonchev–Trinajstić information content (AvgIpc) is 3.46. The molecule has 0 aromatic heterocycles. The molecule has 1 aromatic rings. The van der Waals surface area contributed by atoms with Crippen LogP contribution in [0.3, 0.4) is 0 Å². The number of likely N-dealkylation sites (N-methyl/N-ethyl adjacent to an activating group) is 1. The molecule has 3 amide bonds. The minimum atomic E-state index is -0.110. The Hall–Kier alpha value is -2.08. The third kappa shape index (κ3) is 5.73. The number of nitrogens with one attached hydrogen (secondary N) is 2. The number of ether oxygens (including phenoxy) is 1. The maximum absolute atomic E-state index is 12.5. The second-order valence-electron chi connectivity index (χ2n) is 7.17. The predicted octanol–water partition coefficient (Wildman–Crippen LogP) is 2.93. The molecule has 1 saturated heterocycles. The van der Waals surface area contributed by atoms with Crippen LogP contribution in [-0.4, -0.2) is 48.7 Å². The zero-order valence-corrected chi connectivity index (χ0v) is 15.5. The van der Waals surface area contributed by atoms with Crippen LogP contribution < -0.4 is 10.6 Å². The summed E-state index contributed by atoms with van der Waals surface area (Å²) in [6, 6.07) is 7.76. The van der Waals surface area contributed by atoms with E-state index in [-0.39, 0.29) is 18.0 Å². The molecule has 2 aliphatic rings. The van der Waals surface area contributed by atoms with Gasteiger partial charge in [-0.15, -0.1) is 0 Å². The van der Waals surface area contributed by atoms with Crippen LogP contribution in [0.5, 0.6) is 0 Å². The molecular weight excluding hydrogens is 330 g/mol. The van der Waals surface area contributed by atoms with Crippen molar-refractivity contribution in [1.29, 1.82) is 0 Å². The van der Waals surface area contributed by atoms with Crippen molar-refractivity contribution in [3.05, 3.63) is 29.8 Å². The van der Waals surface area contributed by atoms with Crippen LogP contribution in [0, 0.1) is 0 Å². The van der Waals surface area contributed by atoms with Gasteiger partial charge in [-0.3, -0.25) is 4.79 Å². The van der Waals surface area contributed by atoms with E-state index in [1.165, 1.54) is 6.42 Å². The first-order valence-electron chi connectivity index (χ1n) is 9.70. The van der Waals surface area contributed by atoms with E-state index in [9.17, 15) is 9.59 Å². The van der Waals surface area contributed by atoms with Crippen molar-refractivity contribution >= 4 is 17.6 Å². The Bertz CT molecular complexity index is 607. The van der Waals surface area contributed by atoms with Gasteiger partial charge in [-0.05, 0) is 56.7 Å². The van der Waals surface area contributed by atoms with E-state index in [2.05, 4.69) is 10.6 Å². The molecule has 0 bridgehead atoms. The summed E-state index contributed by atoms with van der Waals surface area (Å²) in [4.78, 5) is 26.1. The highest BCUT2D eigenvalue weighted by Crippen LogP contribution is 2.19. The maximum Gasteiger partial charge on any atom is 0.321 e. The van der Waals surface area contributed by atoms with Crippen molar-refractivity contribution in [2.24, 2.45) is 0 Å². The van der Waals surface area contributed by atoms with Crippen LogP contribution in [0.4, 0.5) is 10.5 Å². The number of carbonyl (C=O) groups excluding carboxylic acids is 2. The fourth-order valence-electron chi connectivity index (χ4n) is 3.15. The summed E-state index contributed by atoms with van der Waals surface area (Å²) in [6.07, 6.45) is 6.00. The van der Waals surface area contributed by atoms with Gasteiger partial charge in [0.1, 0.15) is 0 Å². The number of benzene rings is 1. The molecule has 1 aliphatic heterocycles. The van der Waals surface area contributed by atoms with Gasteiger partial charge in [0.15, 0.2) is 0 Å². The van der Waals surface area contributed by atoms with Gasteiger partial charge in [-0.2, -0.15) is 0 Å². The van der Waals surface area contributed by atoms with Crippen molar-refractivity contribution in [2.75, 3.05) is 25.0 Å². The fraction of sp³-hybridized carbons (Fsp3) is 0.600. The maximum atomic E-state index is 12.5. The van der Waals surface area contributed by atoms with Crippen molar-refractivity contribution in [2.45, 2.75) is 57.6 Å². The van der Waals surface area contributed by atoms with Crippen LogP contribution in [0.15, 0.2) is 24.3 Å². The van der Waals surface area contributed by atoms with E-state index in [1.54, 1.807) is 4.90 Å². The summed E-state index contributed by atoms with van der Waals surface area (Å²) >= 11 is 0. The SMILES string of the molecule is CCN(C[C@@H]1CCCCO1)C(=O)Nc1ccc(CC(=O)NC2CC2)cc1. The van der Waals surface area contributed by atoms with Gasteiger partial charge in [0.2, 0.25) is 5.91 Å². The molecule has 2 N–H and O–H groups in total. The standard InChI is InChI=1S/C20H29N3O3/c1-2-23(14-18-5-3-4-12-26-18)20(25)22-17-8-6-15(7-9-17)13-19(24)21-16-10-11-16/h6-9,16,18H,2-5,10-14H2,1H3,(H,21,24)(H,22,25)/t18-/m0/s1. The van der Waals surface area contributed by atoms with Crippen LogP contribution in [0.1, 0.15) is 44.6 Å².